The van der Waals surface area contributed by atoms with Crippen molar-refractivity contribution in [1.82, 2.24) is 0 Å². The second kappa shape index (κ2) is 8.46. The van der Waals surface area contributed by atoms with E-state index in [1.807, 2.05) is 36.4 Å². The van der Waals surface area contributed by atoms with Crippen LogP contribution in [-0.2, 0) is 19.1 Å². The SMILES string of the molecule is O=C(O)C(C(=O)OC1O[C@H](CO)[C@@H](O)[C@H](O)[C@H]1O)c1ccc2ccc3cccc4ccc1c2c34. The van der Waals surface area contributed by atoms with Crippen LogP contribution < -0.4 is 0 Å². The average molecular weight is 466 g/mol. The van der Waals surface area contributed by atoms with Gasteiger partial charge in [0.25, 0.3) is 0 Å². The van der Waals surface area contributed by atoms with Gasteiger partial charge in [-0.25, -0.2) is 0 Å². The molecule has 0 aromatic heterocycles. The molecule has 0 aliphatic carbocycles. The van der Waals surface area contributed by atoms with Crippen LogP contribution >= 0.6 is 0 Å². The normalized spacial score (nSPS) is 26.2. The molecule has 176 valence electrons. The Kier molecular flexibility index (Phi) is 5.59. The van der Waals surface area contributed by atoms with Crippen LogP contribution in [0.2, 0.25) is 0 Å². The summed E-state index contributed by atoms with van der Waals surface area (Å²) < 4.78 is 10.3. The fraction of sp³-hybridized carbons (Fsp3) is 0.280. The molecule has 1 saturated heterocycles. The molecule has 5 N–H and O–H groups in total. The Balaban J connectivity index is 1.56. The highest BCUT2D eigenvalue weighted by Crippen LogP contribution is 2.38. The number of hydrogen-bond acceptors (Lipinski definition) is 8. The van der Waals surface area contributed by atoms with Gasteiger partial charge < -0.3 is 35.0 Å². The lowest BCUT2D eigenvalue weighted by Crippen LogP contribution is -2.59. The molecule has 5 rings (SSSR count). The molecule has 0 radical (unpaired) electrons. The number of benzene rings is 4. The zero-order valence-electron chi connectivity index (χ0n) is 17.7. The predicted molar refractivity (Wildman–Crippen MR) is 120 cm³/mol. The summed E-state index contributed by atoms with van der Waals surface area (Å²) in [5, 5.41) is 54.5. The van der Waals surface area contributed by atoms with Crippen LogP contribution in [-0.4, -0.2) is 74.8 Å². The summed E-state index contributed by atoms with van der Waals surface area (Å²) in [7, 11) is 0. The molecule has 2 unspecified atom stereocenters. The number of rotatable bonds is 5. The van der Waals surface area contributed by atoms with Crippen molar-refractivity contribution in [3.63, 3.8) is 0 Å². The number of aliphatic hydroxyl groups excluding tert-OH is 4. The first-order chi connectivity index (χ1) is 16.3. The van der Waals surface area contributed by atoms with Crippen molar-refractivity contribution in [2.45, 2.75) is 36.6 Å². The first kappa shape index (κ1) is 22.5. The number of aliphatic hydroxyl groups is 4. The molecule has 0 bridgehead atoms. The fourth-order valence-corrected chi connectivity index (χ4v) is 4.72. The van der Waals surface area contributed by atoms with Gasteiger partial charge in [0.1, 0.15) is 24.4 Å². The summed E-state index contributed by atoms with van der Waals surface area (Å²) >= 11 is 0. The van der Waals surface area contributed by atoms with Crippen LogP contribution in [0.4, 0.5) is 0 Å². The van der Waals surface area contributed by atoms with Crippen molar-refractivity contribution in [3.05, 3.63) is 60.2 Å². The minimum absolute atomic E-state index is 0.202. The molecule has 0 spiro atoms. The second-order valence-electron chi connectivity index (χ2n) is 8.42. The van der Waals surface area contributed by atoms with Gasteiger partial charge in [0.2, 0.25) is 6.29 Å². The van der Waals surface area contributed by atoms with E-state index in [0.717, 1.165) is 26.9 Å². The van der Waals surface area contributed by atoms with Crippen LogP contribution in [0.5, 0.6) is 0 Å². The van der Waals surface area contributed by atoms with Crippen molar-refractivity contribution in [1.29, 1.82) is 0 Å². The van der Waals surface area contributed by atoms with Crippen LogP contribution in [0, 0.1) is 0 Å². The molecular formula is C25H22O9. The number of carboxylic acids is 1. The lowest BCUT2D eigenvalue weighted by atomic mass is 9.87. The highest BCUT2D eigenvalue weighted by atomic mass is 16.7. The maximum atomic E-state index is 13.0. The molecular weight excluding hydrogens is 444 g/mol. The van der Waals surface area contributed by atoms with E-state index in [9.17, 15) is 35.1 Å². The molecule has 9 heteroatoms. The van der Waals surface area contributed by atoms with E-state index >= 15 is 0 Å². The lowest BCUT2D eigenvalue weighted by molar-refractivity contribution is -0.293. The van der Waals surface area contributed by atoms with E-state index in [1.54, 1.807) is 18.2 Å². The molecule has 4 aromatic carbocycles. The summed E-state index contributed by atoms with van der Waals surface area (Å²) in [6.45, 7) is -0.712. The summed E-state index contributed by atoms with van der Waals surface area (Å²) in [5.41, 5.74) is 0.202. The van der Waals surface area contributed by atoms with Gasteiger partial charge in [-0.3, -0.25) is 9.59 Å². The van der Waals surface area contributed by atoms with Crippen LogP contribution in [0.15, 0.2) is 54.6 Å². The van der Waals surface area contributed by atoms with E-state index in [0.29, 0.717) is 5.39 Å². The molecule has 0 amide bonds. The maximum Gasteiger partial charge on any atom is 0.327 e. The Morgan fingerprint density at radius 2 is 1.47 bits per heavy atom. The summed E-state index contributed by atoms with van der Waals surface area (Å²) in [5.74, 6) is -4.44. The fourth-order valence-electron chi connectivity index (χ4n) is 4.72. The Bertz CT molecular complexity index is 1370. The largest absolute Gasteiger partial charge is 0.480 e. The van der Waals surface area contributed by atoms with E-state index in [-0.39, 0.29) is 5.56 Å². The first-order valence-corrected chi connectivity index (χ1v) is 10.7. The van der Waals surface area contributed by atoms with E-state index < -0.39 is 55.2 Å². The van der Waals surface area contributed by atoms with Gasteiger partial charge in [0.05, 0.1) is 6.61 Å². The van der Waals surface area contributed by atoms with Crippen LogP contribution in [0.3, 0.4) is 0 Å². The number of hydrogen-bond donors (Lipinski definition) is 5. The predicted octanol–water partition coefficient (Wildman–Crippen LogP) is 1.10. The lowest BCUT2D eigenvalue weighted by Gasteiger charge is -2.39. The van der Waals surface area contributed by atoms with E-state index in [1.165, 1.54) is 0 Å². The number of carboxylic acid groups (broad SMARTS) is 1. The van der Waals surface area contributed by atoms with E-state index in [2.05, 4.69) is 0 Å². The quantitative estimate of drug-likeness (QED) is 0.165. The summed E-state index contributed by atoms with van der Waals surface area (Å²) in [6, 6.07) is 16.6. The van der Waals surface area contributed by atoms with Crippen LogP contribution in [0.1, 0.15) is 11.5 Å². The third-order valence-corrected chi connectivity index (χ3v) is 6.44. The molecule has 0 saturated carbocycles. The Morgan fingerprint density at radius 1 is 0.853 bits per heavy atom. The molecule has 6 atom stereocenters. The van der Waals surface area contributed by atoms with Gasteiger partial charge >= 0.3 is 11.9 Å². The van der Waals surface area contributed by atoms with Gasteiger partial charge in [-0.15, -0.1) is 0 Å². The Labute approximate surface area is 192 Å². The maximum absolute atomic E-state index is 13.0. The van der Waals surface area contributed by atoms with Gasteiger partial charge in [-0.1, -0.05) is 54.6 Å². The van der Waals surface area contributed by atoms with Gasteiger partial charge in [-0.05, 0) is 37.9 Å². The van der Waals surface area contributed by atoms with Crippen molar-refractivity contribution < 1.29 is 44.6 Å². The topological polar surface area (TPSA) is 154 Å². The highest BCUT2D eigenvalue weighted by molar-refractivity contribution is 6.24. The molecule has 1 heterocycles. The minimum atomic E-state index is -1.84. The first-order valence-electron chi connectivity index (χ1n) is 10.7. The zero-order valence-corrected chi connectivity index (χ0v) is 17.7. The van der Waals surface area contributed by atoms with Gasteiger partial charge in [0.15, 0.2) is 5.92 Å². The molecule has 1 aliphatic rings. The Hall–Kier alpha value is -3.34. The van der Waals surface area contributed by atoms with Crippen LogP contribution in [0.25, 0.3) is 32.3 Å². The smallest absolute Gasteiger partial charge is 0.327 e. The van der Waals surface area contributed by atoms with Gasteiger partial charge in [0, 0.05) is 0 Å². The Morgan fingerprint density at radius 3 is 2.12 bits per heavy atom. The molecule has 34 heavy (non-hydrogen) atoms. The van der Waals surface area contributed by atoms with Crippen molar-refractivity contribution in [2.75, 3.05) is 6.61 Å². The highest BCUT2D eigenvalue weighted by Gasteiger charge is 2.46. The molecule has 9 nitrogen and oxygen atoms in total. The van der Waals surface area contributed by atoms with Crippen molar-refractivity contribution >= 4 is 44.3 Å². The third-order valence-electron chi connectivity index (χ3n) is 6.44. The van der Waals surface area contributed by atoms with Gasteiger partial charge in [-0.2, -0.15) is 0 Å². The minimum Gasteiger partial charge on any atom is -0.480 e. The third kappa shape index (κ3) is 3.46. The molecule has 1 fully saturated rings. The van der Waals surface area contributed by atoms with Crippen molar-refractivity contribution in [2.24, 2.45) is 0 Å². The number of ether oxygens (including phenoxy) is 2. The number of carbonyl (C=O) groups is 2. The summed E-state index contributed by atoms with van der Waals surface area (Å²) in [4.78, 5) is 25.3. The standard InChI is InChI=1S/C25H22O9/c26-10-16-20(27)21(28)22(29)25(33-16)34-24(32)19(23(30)31)15-9-7-13-5-4-11-2-1-3-12-6-8-14(15)18(13)17(11)12/h1-9,16,19-22,25-29H,10H2,(H,30,31)/t16-,19?,20-,21+,22-,25?/m1/s1. The molecule has 1 aliphatic heterocycles. The number of carbonyl (C=O) groups excluding carboxylic acids is 1. The number of aliphatic carboxylic acids is 1. The zero-order chi connectivity index (χ0) is 24.1. The average Bonchev–Trinajstić information content (AvgIpc) is 2.83. The monoisotopic (exact) mass is 466 g/mol. The number of esters is 1. The van der Waals surface area contributed by atoms with Crippen molar-refractivity contribution in [3.8, 4) is 0 Å². The molecule has 4 aromatic rings. The summed E-state index contributed by atoms with van der Waals surface area (Å²) in [6.07, 6.45) is -8.31. The second-order valence-corrected chi connectivity index (χ2v) is 8.42. The van der Waals surface area contributed by atoms with E-state index in [4.69, 9.17) is 9.47 Å².